The second-order valence-corrected chi connectivity index (χ2v) is 6.26. The molecule has 0 radical (unpaired) electrons. The zero-order valence-electron chi connectivity index (χ0n) is 11.4. The van der Waals surface area contributed by atoms with Gasteiger partial charge < -0.3 is 4.74 Å². The van der Waals surface area contributed by atoms with Crippen LogP contribution in [-0.4, -0.2) is 23.0 Å². The van der Waals surface area contributed by atoms with Gasteiger partial charge in [0.2, 0.25) is 0 Å². The fourth-order valence-electron chi connectivity index (χ4n) is 4.68. The molecular formula is C14H21NO4. The first-order valence-corrected chi connectivity index (χ1v) is 7.43. The molecule has 3 unspecified atom stereocenters. The van der Waals surface area contributed by atoms with Crippen molar-refractivity contribution < 1.29 is 14.5 Å². The molecule has 3 aliphatic carbocycles. The highest BCUT2D eigenvalue weighted by atomic mass is 16.6. The molecule has 0 N–H and O–H groups in total. The minimum atomic E-state index is -1.40. The fraction of sp³-hybridized carbons (Fsp3) is 0.929. The lowest BCUT2D eigenvalue weighted by Gasteiger charge is -2.08. The SMILES string of the molecule is CCOC(=O)C1([N+](=O)[O-])CC12C1CCCCCCC12. The van der Waals surface area contributed by atoms with E-state index in [4.69, 9.17) is 4.74 Å². The molecule has 3 saturated carbocycles. The Morgan fingerprint density at radius 2 is 1.84 bits per heavy atom. The van der Waals surface area contributed by atoms with Gasteiger partial charge in [0.1, 0.15) is 0 Å². The first kappa shape index (κ1) is 12.9. The minimum absolute atomic E-state index is 0.222. The predicted octanol–water partition coefficient (Wildman–Crippen LogP) is 2.56. The van der Waals surface area contributed by atoms with Gasteiger partial charge in [0.05, 0.1) is 12.0 Å². The van der Waals surface area contributed by atoms with Gasteiger partial charge in [-0.05, 0) is 31.6 Å². The lowest BCUT2D eigenvalue weighted by molar-refractivity contribution is -0.531. The van der Waals surface area contributed by atoms with Crippen molar-refractivity contribution in [2.75, 3.05) is 6.61 Å². The highest BCUT2D eigenvalue weighted by Gasteiger charge is 2.96. The monoisotopic (exact) mass is 267 g/mol. The Kier molecular flexibility index (Phi) is 2.84. The molecule has 0 bridgehead atoms. The van der Waals surface area contributed by atoms with Crippen molar-refractivity contribution >= 4 is 5.97 Å². The number of carbonyl (C=O) groups excluding carboxylic acids is 1. The van der Waals surface area contributed by atoms with Crippen LogP contribution >= 0.6 is 0 Å². The van der Waals surface area contributed by atoms with Crippen LogP contribution in [0, 0.1) is 27.4 Å². The van der Waals surface area contributed by atoms with Crippen LogP contribution in [0.1, 0.15) is 51.9 Å². The normalized spacial score (nSPS) is 43.8. The summed E-state index contributed by atoms with van der Waals surface area (Å²) in [5, 5.41) is 11.5. The van der Waals surface area contributed by atoms with E-state index in [0.29, 0.717) is 18.3 Å². The number of hydrogen-bond donors (Lipinski definition) is 0. The number of rotatable bonds is 3. The summed E-state index contributed by atoms with van der Waals surface area (Å²) >= 11 is 0. The quantitative estimate of drug-likeness (QED) is 0.447. The number of esters is 1. The van der Waals surface area contributed by atoms with E-state index in [2.05, 4.69) is 0 Å². The third kappa shape index (κ3) is 1.50. The molecule has 3 atom stereocenters. The van der Waals surface area contributed by atoms with Crippen LogP contribution in [0.25, 0.3) is 0 Å². The number of carbonyl (C=O) groups is 1. The standard InChI is InChI=1S/C14H21NO4/c1-2-19-12(16)14(15(17)18)9-13(14)10-7-5-3-4-6-8-11(10)13/h10-11H,2-9H2,1H3. The maximum Gasteiger partial charge on any atom is 0.385 e. The van der Waals surface area contributed by atoms with E-state index in [1.165, 1.54) is 12.8 Å². The highest BCUT2D eigenvalue weighted by molar-refractivity contribution is 5.86. The number of fused-ring (bicyclic) bond motifs is 3. The van der Waals surface area contributed by atoms with Crippen LogP contribution in [0.4, 0.5) is 0 Å². The molecule has 0 aromatic rings. The predicted molar refractivity (Wildman–Crippen MR) is 68.1 cm³/mol. The highest BCUT2D eigenvalue weighted by Crippen LogP contribution is 2.83. The van der Waals surface area contributed by atoms with Crippen LogP contribution in [0.2, 0.25) is 0 Å². The van der Waals surface area contributed by atoms with Gasteiger partial charge in [0.25, 0.3) is 0 Å². The summed E-state index contributed by atoms with van der Waals surface area (Å²) in [6, 6.07) is 0. The van der Waals surface area contributed by atoms with Crippen molar-refractivity contribution in [2.24, 2.45) is 17.3 Å². The van der Waals surface area contributed by atoms with Crippen molar-refractivity contribution in [2.45, 2.75) is 57.4 Å². The van der Waals surface area contributed by atoms with E-state index in [9.17, 15) is 14.9 Å². The number of ether oxygens (including phenoxy) is 1. The molecule has 19 heavy (non-hydrogen) atoms. The Morgan fingerprint density at radius 1 is 1.26 bits per heavy atom. The van der Waals surface area contributed by atoms with Crippen molar-refractivity contribution in [3.05, 3.63) is 10.1 Å². The molecule has 0 aromatic carbocycles. The fourth-order valence-corrected chi connectivity index (χ4v) is 4.68. The summed E-state index contributed by atoms with van der Waals surface area (Å²) in [6.45, 7) is 1.93. The van der Waals surface area contributed by atoms with E-state index in [0.717, 1.165) is 25.7 Å². The zero-order valence-corrected chi connectivity index (χ0v) is 11.4. The van der Waals surface area contributed by atoms with Gasteiger partial charge in [-0.1, -0.05) is 25.7 Å². The molecule has 1 spiro atoms. The summed E-state index contributed by atoms with van der Waals surface area (Å²) < 4.78 is 4.99. The van der Waals surface area contributed by atoms with E-state index in [-0.39, 0.29) is 16.9 Å². The Labute approximate surface area is 112 Å². The molecule has 106 valence electrons. The van der Waals surface area contributed by atoms with Gasteiger partial charge in [-0.3, -0.25) is 10.1 Å². The van der Waals surface area contributed by atoms with Gasteiger partial charge in [0.15, 0.2) is 0 Å². The summed E-state index contributed by atoms with van der Waals surface area (Å²) in [5.41, 5.74) is -1.74. The van der Waals surface area contributed by atoms with Crippen molar-refractivity contribution in [3.8, 4) is 0 Å². The lowest BCUT2D eigenvalue weighted by atomic mass is 10.0. The average Bonchev–Trinajstić information content (AvgIpc) is 3.15. The average molecular weight is 267 g/mol. The van der Waals surface area contributed by atoms with Crippen molar-refractivity contribution in [1.82, 2.24) is 0 Å². The molecule has 3 aliphatic rings. The molecule has 0 aliphatic heterocycles. The van der Waals surface area contributed by atoms with Crippen LogP contribution in [-0.2, 0) is 9.53 Å². The summed E-state index contributed by atoms with van der Waals surface area (Å²) in [6.07, 6.45) is 7.29. The second-order valence-electron chi connectivity index (χ2n) is 6.26. The Bertz CT molecular complexity index is 408. The minimum Gasteiger partial charge on any atom is -0.461 e. The summed E-state index contributed by atoms with van der Waals surface area (Å²) in [5.74, 6) is 0.192. The largest absolute Gasteiger partial charge is 0.461 e. The number of hydrogen-bond acceptors (Lipinski definition) is 4. The molecule has 0 amide bonds. The van der Waals surface area contributed by atoms with E-state index in [1.807, 2.05) is 0 Å². The first-order chi connectivity index (χ1) is 9.11. The molecule has 0 heterocycles. The molecular weight excluding hydrogens is 246 g/mol. The van der Waals surface area contributed by atoms with Crippen LogP contribution < -0.4 is 0 Å². The maximum absolute atomic E-state index is 12.1. The third-order valence-corrected chi connectivity index (χ3v) is 5.60. The molecule has 3 rings (SSSR count). The molecule has 5 heteroatoms. The Morgan fingerprint density at radius 3 is 2.32 bits per heavy atom. The van der Waals surface area contributed by atoms with Gasteiger partial charge in [-0.25, -0.2) is 4.79 Å². The Hall–Kier alpha value is -1.13. The molecule has 3 fully saturated rings. The van der Waals surface area contributed by atoms with Crippen LogP contribution in [0.5, 0.6) is 0 Å². The topological polar surface area (TPSA) is 69.4 Å². The second kappa shape index (κ2) is 4.18. The van der Waals surface area contributed by atoms with E-state index < -0.39 is 11.5 Å². The molecule has 5 nitrogen and oxygen atoms in total. The molecule has 0 saturated heterocycles. The summed E-state index contributed by atoms with van der Waals surface area (Å²) in [4.78, 5) is 23.2. The number of nitro groups is 1. The molecule has 0 aromatic heterocycles. The summed E-state index contributed by atoms with van der Waals surface area (Å²) in [7, 11) is 0. The van der Waals surface area contributed by atoms with Crippen molar-refractivity contribution in [3.63, 3.8) is 0 Å². The third-order valence-electron chi connectivity index (χ3n) is 5.60. The van der Waals surface area contributed by atoms with E-state index >= 15 is 0 Å². The van der Waals surface area contributed by atoms with Gasteiger partial charge in [0, 0.05) is 11.3 Å². The van der Waals surface area contributed by atoms with Crippen LogP contribution in [0.3, 0.4) is 0 Å². The van der Waals surface area contributed by atoms with Crippen LogP contribution in [0.15, 0.2) is 0 Å². The maximum atomic E-state index is 12.1. The Balaban J connectivity index is 1.83. The van der Waals surface area contributed by atoms with Gasteiger partial charge in [-0.15, -0.1) is 0 Å². The smallest absolute Gasteiger partial charge is 0.385 e. The number of nitrogens with zero attached hydrogens (tertiary/aromatic N) is 1. The zero-order chi connectivity index (χ0) is 13.7. The van der Waals surface area contributed by atoms with Gasteiger partial charge >= 0.3 is 11.5 Å². The van der Waals surface area contributed by atoms with Crippen molar-refractivity contribution in [1.29, 1.82) is 0 Å². The lowest BCUT2D eigenvalue weighted by Crippen LogP contribution is -2.37. The van der Waals surface area contributed by atoms with E-state index in [1.54, 1.807) is 6.92 Å². The van der Waals surface area contributed by atoms with Gasteiger partial charge in [-0.2, -0.15) is 0 Å². The first-order valence-electron chi connectivity index (χ1n) is 7.43.